The second kappa shape index (κ2) is 12.2. The number of nitrogens with one attached hydrogen (secondary N) is 3. The van der Waals surface area contributed by atoms with Crippen molar-refractivity contribution in [2.75, 3.05) is 23.8 Å². The van der Waals surface area contributed by atoms with Gasteiger partial charge in [0.15, 0.2) is 0 Å². The molecule has 0 bridgehead atoms. The molecule has 3 aliphatic heterocycles. The first-order chi connectivity index (χ1) is 22.7. The summed E-state index contributed by atoms with van der Waals surface area (Å²) in [7, 11) is 0. The summed E-state index contributed by atoms with van der Waals surface area (Å²) in [5.74, 6) is -3.66. The van der Waals surface area contributed by atoms with Crippen LogP contribution in [0.3, 0.4) is 0 Å². The van der Waals surface area contributed by atoms with E-state index in [1.54, 1.807) is 12.1 Å². The first-order valence-corrected chi connectivity index (χ1v) is 15.1. The van der Waals surface area contributed by atoms with Gasteiger partial charge in [0.2, 0.25) is 11.8 Å². The van der Waals surface area contributed by atoms with Crippen molar-refractivity contribution in [2.45, 2.75) is 38.0 Å². The fourth-order valence-electron chi connectivity index (χ4n) is 5.82. The van der Waals surface area contributed by atoms with Gasteiger partial charge in [-0.15, -0.1) is 0 Å². The number of fused-ring (bicyclic) bond motifs is 2. The van der Waals surface area contributed by atoms with Crippen LogP contribution in [0.15, 0.2) is 48.8 Å². The molecule has 0 spiro atoms. The molecule has 12 nitrogen and oxygen atoms in total. The van der Waals surface area contributed by atoms with E-state index in [2.05, 4.69) is 25.9 Å². The summed E-state index contributed by atoms with van der Waals surface area (Å²) in [6.07, 6.45) is 1.74. The normalized spacial score (nSPS) is 19.3. The summed E-state index contributed by atoms with van der Waals surface area (Å²) in [5.41, 5.74) is 1.27. The van der Waals surface area contributed by atoms with Gasteiger partial charge in [-0.05, 0) is 48.4 Å². The highest BCUT2D eigenvalue weighted by molar-refractivity contribution is 6.31. The summed E-state index contributed by atoms with van der Waals surface area (Å²) < 4.78 is 40.9. The Hall–Kier alpha value is -5.21. The van der Waals surface area contributed by atoms with E-state index < -0.39 is 46.9 Å². The van der Waals surface area contributed by atoms with E-state index in [0.29, 0.717) is 63.9 Å². The molecule has 2 fully saturated rings. The summed E-state index contributed by atoms with van der Waals surface area (Å²) >= 11 is 5.96. The molecule has 3 aromatic carbocycles. The number of carbonyl (C=O) groups excluding carboxylic acids is 4. The van der Waals surface area contributed by atoms with Crippen molar-refractivity contribution >= 4 is 63.3 Å². The molecule has 0 radical (unpaired) electrons. The molecule has 4 amide bonds. The molecule has 2 saturated heterocycles. The maximum atomic E-state index is 15.4. The minimum Gasteiger partial charge on any atom is -0.486 e. The third-order valence-electron chi connectivity index (χ3n) is 8.14. The Morgan fingerprint density at radius 1 is 1.02 bits per heavy atom. The van der Waals surface area contributed by atoms with Crippen LogP contribution in [0, 0.1) is 11.6 Å². The molecule has 4 heterocycles. The largest absolute Gasteiger partial charge is 0.486 e. The van der Waals surface area contributed by atoms with Crippen LogP contribution in [0.25, 0.3) is 10.9 Å². The number of benzene rings is 3. The third kappa shape index (κ3) is 5.81. The van der Waals surface area contributed by atoms with E-state index in [1.807, 2.05) is 0 Å². The van der Waals surface area contributed by atoms with Gasteiger partial charge in [0, 0.05) is 36.5 Å². The smallest absolute Gasteiger partial charge is 0.265 e. The van der Waals surface area contributed by atoms with Crippen molar-refractivity contribution in [3.8, 4) is 5.75 Å². The number of hydrogen-bond donors (Lipinski definition) is 3. The van der Waals surface area contributed by atoms with Crippen molar-refractivity contribution in [3.63, 3.8) is 0 Å². The average molecular weight is 663 g/mol. The van der Waals surface area contributed by atoms with Crippen LogP contribution >= 0.6 is 11.6 Å². The van der Waals surface area contributed by atoms with Crippen LogP contribution < -0.4 is 20.7 Å². The van der Waals surface area contributed by atoms with Crippen LogP contribution in [-0.2, 0) is 20.9 Å². The van der Waals surface area contributed by atoms with E-state index >= 15 is 4.39 Å². The fraction of sp³-hybridized carbons (Fsp3) is 0.250. The maximum Gasteiger partial charge on any atom is 0.265 e. The third-order valence-corrected chi connectivity index (χ3v) is 8.43. The molecule has 3 N–H and O–H groups in total. The summed E-state index contributed by atoms with van der Waals surface area (Å²) in [5, 5.41) is 9.00. The standard InChI is InChI=1S/C32H25ClF2N6O6/c33-20-9-16(1-2-21(20)34)39-29-18-10-24(26(11-23(18)37-14-38-29)47-17-5-6-46-13-17)36-12-15-7-19-28(22(35)8-15)32(45)41(31(19)44)25-3-4-27(42)40-30(25)43/h1-2,7-11,14,17,25,36H,3-6,12-13H2,(H,37,38,39)(H,40,42,43). The number of halogens is 3. The molecule has 2 unspecified atom stereocenters. The second-order valence-corrected chi connectivity index (χ2v) is 11.7. The van der Waals surface area contributed by atoms with E-state index in [4.69, 9.17) is 21.1 Å². The Labute approximate surface area is 270 Å². The van der Waals surface area contributed by atoms with E-state index in [9.17, 15) is 23.6 Å². The molecule has 0 saturated carbocycles. The molecule has 47 heavy (non-hydrogen) atoms. The number of aromatic nitrogens is 2. The van der Waals surface area contributed by atoms with Crippen LogP contribution in [0.2, 0.25) is 5.02 Å². The number of nitrogens with zero attached hydrogens (tertiary/aromatic N) is 3. The SMILES string of the molecule is O=C1CCC(N2C(=O)c3cc(CNc4cc5c(Nc6ccc(F)c(Cl)c6)ncnc5cc4OC4CCOC4)cc(F)c3C2=O)C(=O)N1. The topological polar surface area (TPSA) is 152 Å². The van der Waals surface area contributed by atoms with Crippen molar-refractivity contribution in [3.05, 3.63) is 82.1 Å². The lowest BCUT2D eigenvalue weighted by atomic mass is 10.0. The molecular formula is C32H25ClF2N6O6. The highest BCUT2D eigenvalue weighted by Gasteiger charge is 2.46. The van der Waals surface area contributed by atoms with E-state index in [-0.39, 0.29) is 36.1 Å². The zero-order valence-corrected chi connectivity index (χ0v) is 25.2. The Bertz CT molecular complexity index is 1990. The van der Waals surface area contributed by atoms with E-state index in [0.717, 1.165) is 6.07 Å². The van der Waals surface area contributed by atoms with Gasteiger partial charge in [-0.2, -0.15) is 0 Å². The van der Waals surface area contributed by atoms with Crippen molar-refractivity contribution < 1.29 is 37.4 Å². The number of amides is 4. The number of imide groups is 2. The highest BCUT2D eigenvalue weighted by atomic mass is 35.5. The predicted octanol–water partition coefficient (Wildman–Crippen LogP) is 4.49. The van der Waals surface area contributed by atoms with Crippen molar-refractivity contribution in [1.82, 2.24) is 20.2 Å². The number of ether oxygens (including phenoxy) is 2. The predicted molar refractivity (Wildman–Crippen MR) is 164 cm³/mol. The van der Waals surface area contributed by atoms with Gasteiger partial charge in [-0.25, -0.2) is 18.7 Å². The quantitative estimate of drug-likeness (QED) is 0.230. The van der Waals surface area contributed by atoms with Gasteiger partial charge in [0.05, 0.1) is 40.6 Å². The molecule has 2 atom stereocenters. The van der Waals surface area contributed by atoms with Crippen LogP contribution in [0.5, 0.6) is 5.75 Å². The summed E-state index contributed by atoms with van der Waals surface area (Å²) in [4.78, 5) is 59.8. The first-order valence-electron chi connectivity index (χ1n) is 14.7. The molecular weight excluding hydrogens is 638 g/mol. The number of piperidine rings is 1. The number of rotatable bonds is 8. The summed E-state index contributed by atoms with van der Waals surface area (Å²) in [6.45, 7) is 0.959. The summed E-state index contributed by atoms with van der Waals surface area (Å²) in [6, 6.07) is 8.98. The average Bonchev–Trinajstić information content (AvgIpc) is 3.64. The van der Waals surface area contributed by atoms with Crippen molar-refractivity contribution in [2.24, 2.45) is 0 Å². The molecule has 3 aliphatic rings. The molecule has 4 aromatic rings. The van der Waals surface area contributed by atoms with Gasteiger partial charge < -0.3 is 20.1 Å². The lowest BCUT2D eigenvalue weighted by molar-refractivity contribution is -0.136. The molecule has 240 valence electrons. The van der Waals surface area contributed by atoms with Crippen LogP contribution in [-0.4, -0.2) is 63.9 Å². The molecule has 1 aromatic heterocycles. The van der Waals surface area contributed by atoms with Crippen LogP contribution in [0.4, 0.5) is 26.0 Å². The monoisotopic (exact) mass is 662 g/mol. The minimum atomic E-state index is -1.21. The minimum absolute atomic E-state index is 0.0111. The Morgan fingerprint density at radius 2 is 1.87 bits per heavy atom. The number of hydrogen-bond acceptors (Lipinski definition) is 10. The zero-order valence-electron chi connectivity index (χ0n) is 24.4. The Kier molecular flexibility index (Phi) is 7.90. The van der Waals surface area contributed by atoms with Gasteiger partial charge in [0.25, 0.3) is 11.8 Å². The molecule has 0 aliphatic carbocycles. The number of carbonyl (C=O) groups is 4. The lowest BCUT2D eigenvalue weighted by Gasteiger charge is -2.27. The Morgan fingerprint density at radius 3 is 2.64 bits per heavy atom. The fourth-order valence-corrected chi connectivity index (χ4v) is 6.00. The van der Waals surface area contributed by atoms with Gasteiger partial charge in [0.1, 0.15) is 41.7 Å². The van der Waals surface area contributed by atoms with Crippen LogP contribution in [0.1, 0.15) is 45.5 Å². The molecule has 7 rings (SSSR count). The van der Waals surface area contributed by atoms with E-state index in [1.165, 1.54) is 30.6 Å². The van der Waals surface area contributed by atoms with Crippen molar-refractivity contribution in [1.29, 1.82) is 0 Å². The van der Waals surface area contributed by atoms with Gasteiger partial charge >= 0.3 is 0 Å². The zero-order chi connectivity index (χ0) is 32.8. The first kappa shape index (κ1) is 30.4. The lowest BCUT2D eigenvalue weighted by Crippen LogP contribution is -2.54. The maximum absolute atomic E-state index is 15.4. The van der Waals surface area contributed by atoms with Gasteiger partial charge in [-0.1, -0.05) is 11.6 Å². The Balaban J connectivity index is 1.19. The number of anilines is 3. The van der Waals surface area contributed by atoms with Gasteiger partial charge in [-0.3, -0.25) is 29.4 Å². The highest BCUT2D eigenvalue weighted by Crippen LogP contribution is 2.36. The second-order valence-electron chi connectivity index (χ2n) is 11.2. The molecule has 15 heteroatoms.